The van der Waals surface area contributed by atoms with E-state index >= 15 is 0 Å². The quantitative estimate of drug-likeness (QED) is 0.802. The molecule has 0 bridgehead atoms. The zero-order valence-electron chi connectivity index (χ0n) is 11.7. The molecule has 4 heteroatoms. The van der Waals surface area contributed by atoms with Gasteiger partial charge in [-0.2, -0.15) is 0 Å². The molecule has 0 aliphatic carbocycles. The monoisotopic (exact) mass is 272 g/mol. The molecule has 2 aromatic carbocycles. The first-order chi connectivity index (χ1) is 9.67. The average molecular weight is 272 g/mol. The van der Waals surface area contributed by atoms with E-state index < -0.39 is 0 Å². The summed E-state index contributed by atoms with van der Waals surface area (Å²) in [6.07, 6.45) is 0. The van der Waals surface area contributed by atoms with Gasteiger partial charge >= 0.3 is 5.97 Å². The lowest BCUT2D eigenvalue weighted by atomic mass is 10.0. The van der Waals surface area contributed by atoms with Crippen LogP contribution in [0.5, 0.6) is 11.5 Å². The smallest absolute Gasteiger partial charge is 0.337 e. The van der Waals surface area contributed by atoms with E-state index in [9.17, 15) is 4.79 Å². The van der Waals surface area contributed by atoms with Crippen molar-refractivity contribution in [2.75, 3.05) is 21.3 Å². The molecule has 0 N–H and O–H groups in total. The molecule has 104 valence electrons. The van der Waals surface area contributed by atoms with Gasteiger partial charge in [0.15, 0.2) is 0 Å². The molecule has 20 heavy (non-hydrogen) atoms. The third kappa shape index (κ3) is 2.91. The van der Waals surface area contributed by atoms with Gasteiger partial charge in [0, 0.05) is 6.07 Å². The summed E-state index contributed by atoms with van der Waals surface area (Å²) in [5, 5.41) is 0. The Morgan fingerprint density at radius 1 is 0.800 bits per heavy atom. The van der Waals surface area contributed by atoms with Crippen molar-refractivity contribution >= 4 is 5.97 Å². The summed E-state index contributed by atoms with van der Waals surface area (Å²) in [5.74, 6) is 1.09. The van der Waals surface area contributed by atoms with Gasteiger partial charge < -0.3 is 14.2 Å². The highest BCUT2D eigenvalue weighted by Gasteiger charge is 2.07. The Kier molecular flexibility index (Phi) is 4.25. The summed E-state index contributed by atoms with van der Waals surface area (Å²) in [6.45, 7) is 0. The number of carbonyl (C=O) groups excluding carboxylic acids is 1. The second kappa shape index (κ2) is 6.10. The third-order valence-corrected chi connectivity index (χ3v) is 2.99. The highest BCUT2D eigenvalue weighted by atomic mass is 16.5. The fourth-order valence-electron chi connectivity index (χ4n) is 1.89. The number of esters is 1. The molecule has 0 unspecified atom stereocenters. The fourth-order valence-corrected chi connectivity index (χ4v) is 1.89. The van der Waals surface area contributed by atoms with Gasteiger partial charge in [-0.1, -0.05) is 12.1 Å². The van der Waals surface area contributed by atoms with Crippen LogP contribution >= 0.6 is 0 Å². The van der Waals surface area contributed by atoms with Gasteiger partial charge in [-0.15, -0.1) is 0 Å². The minimum absolute atomic E-state index is 0.347. The molecule has 0 aliphatic heterocycles. The summed E-state index contributed by atoms with van der Waals surface area (Å²) >= 11 is 0. The zero-order chi connectivity index (χ0) is 14.5. The number of ether oxygens (including phenoxy) is 3. The van der Waals surface area contributed by atoms with Gasteiger partial charge in [0.1, 0.15) is 11.5 Å². The maximum atomic E-state index is 11.4. The van der Waals surface area contributed by atoms with Crippen molar-refractivity contribution in [3.63, 3.8) is 0 Å². The van der Waals surface area contributed by atoms with Crippen LogP contribution in [0.15, 0.2) is 42.5 Å². The molecule has 4 nitrogen and oxygen atoms in total. The number of hydrogen-bond acceptors (Lipinski definition) is 4. The van der Waals surface area contributed by atoms with Gasteiger partial charge in [-0.25, -0.2) is 4.79 Å². The minimum Gasteiger partial charge on any atom is -0.497 e. The topological polar surface area (TPSA) is 44.8 Å². The largest absolute Gasteiger partial charge is 0.497 e. The molecule has 0 aromatic heterocycles. The normalized spacial score (nSPS) is 9.95. The van der Waals surface area contributed by atoms with Crippen LogP contribution in [0.1, 0.15) is 10.4 Å². The number of methoxy groups -OCH3 is 3. The zero-order valence-corrected chi connectivity index (χ0v) is 11.7. The Balaban J connectivity index is 2.38. The second-order valence-corrected chi connectivity index (χ2v) is 4.17. The molecular weight excluding hydrogens is 256 g/mol. The Morgan fingerprint density at radius 3 is 1.80 bits per heavy atom. The van der Waals surface area contributed by atoms with Crippen LogP contribution < -0.4 is 9.47 Å². The maximum Gasteiger partial charge on any atom is 0.337 e. The summed E-state index contributed by atoms with van der Waals surface area (Å²) < 4.78 is 15.2. The van der Waals surface area contributed by atoms with Gasteiger partial charge in [-0.05, 0) is 35.4 Å². The standard InChI is InChI=1S/C16H16O4/c1-18-14-8-13(9-15(10-14)19-2)11-4-6-12(7-5-11)16(17)20-3/h4-10H,1-3H3. The third-order valence-electron chi connectivity index (χ3n) is 2.99. The SMILES string of the molecule is COC(=O)c1ccc(-c2cc(OC)cc(OC)c2)cc1. The lowest BCUT2D eigenvalue weighted by molar-refractivity contribution is 0.0601. The van der Waals surface area contributed by atoms with Crippen molar-refractivity contribution in [3.05, 3.63) is 48.0 Å². The van der Waals surface area contributed by atoms with Crippen LogP contribution in [-0.4, -0.2) is 27.3 Å². The van der Waals surface area contributed by atoms with Crippen molar-refractivity contribution in [1.29, 1.82) is 0 Å². The highest BCUT2D eigenvalue weighted by Crippen LogP contribution is 2.29. The number of carbonyl (C=O) groups is 1. The van der Waals surface area contributed by atoms with E-state index in [0.29, 0.717) is 5.56 Å². The van der Waals surface area contributed by atoms with Gasteiger partial charge in [-0.3, -0.25) is 0 Å². The van der Waals surface area contributed by atoms with Crippen LogP contribution in [0.4, 0.5) is 0 Å². The summed E-state index contributed by atoms with van der Waals surface area (Å²) in [6, 6.07) is 12.8. The molecule has 0 saturated carbocycles. The van der Waals surface area contributed by atoms with Crippen molar-refractivity contribution in [1.82, 2.24) is 0 Å². The first-order valence-corrected chi connectivity index (χ1v) is 6.09. The van der Waals surface area contributed by atoms with E-state index in [0.717, 1.165) is 22.6 Å². The molecule has 2 rings (SSSR count). The second-order valence-electron chi connectivity index (χ2n) is 4.17. The maximum absolute atomic E-state index is 11.4. The van der Waals surface area contributed by atoms with E-state index in [2.05, 4.69) is 4.74 Å². The first kappa shape index (κ1) is 13.9. The van der Waals surface area contributed by atoms with Crippen molar-refractivity contribution < 1.29 is 19.0 Å². The summed E-state index contributed by atoms with van der Waals surface area (Å²) in [5.41, 5.74) is 2.44. The molecule has 0 fully saturated rings. The van der Waals surface area contributed by atoms with Crippen LogP contribution in [0.3, 0.4) is 0 Å². The lowest BCUT2D eigenvalue weighted by Gasteiger charge is -2.09. The van der Waals surface area contributed by atoms with Crippen molar-refractivity contribution in [2.24, 2.45) is 0 Å². The van der Waals surface area contributed by atoms with Gasteiger partial charge in [0.25, 0.3) is 0 Å². The molecule has 0 amide bonds. The van der Waals surface area contributed by atoms with Gasteiger partial charge in [0.05, 0.1) is 26.9 Å². The summed E-state index contributed by atoms with van der Waals surface area (Å²) in [7, 11) is 4.58. The fraction of sp³-hybridized carbons (Fsp3) is 0.188. The van der Waals surface area contributed by atoms with E-state index in [1.807, 2.05) is 30.3 Å². The number of benzene rings is 2. The van der Waals surface area contributed by atoms with Gasteiger partial charge in [0.2, 0.25) is 0 Å². The van der Waals surface area contributed by atoms with Crippen molar-refractivity contribution in [3.8, 4) is 22.6 Å². The molecule has 0 saturated heterocycles. The molecular formula is C16H16O4. The van der Waals surface area contributed by atoms with E-state index in [1.54, 1.807) is 26.4 Å². The lowest BCUT2D eigenvalue weighted by Crippen LogP contribution is -2.00. The first-order valence-electron chi connectivity index (χ1n) is 6.09. The molecule has 0 aliphatic rings. The van der Waals surface area contributed by atoms with Crippen molar-refractivity contribution in [2.45, 2.75) is 0 Å². The average Bonchev–Trinajstić information content (AvgIpc) is 2.53. The molecule has 0 radical (unpaired) electrons. The Labute approximate surface area is 117 Å². The predicted octanol–water partition coefficient (Wildman–Crippen LogP) is 3.16. The van der Waals surface area contributed by atoms with Crippen LogP contribution in [0.25, 0.3) is 11.1 Å². The highest BCUT2D eigenvalue weighted by molar-refractivity contribution is 5.90. The molecule has 0 spiro atoms. The predicted molar refractivity (Wildman–Crippen MR) is 76.3 cm³/mol. The Morgan fingerprint density at radius 2 is 1.35 bits per heavy atom. The van der Waals surface area contributed by atoms with Crippen LogP contribution in [0, 0.1) is 0 Å². The summed E-state index contributed by atoms with van der Waals surface area (Å²) in [4.78, 5) is 11.4. The minimum atomic E-state index is -0.347. The van der Waals surface area contributed by atoms with E-state index in [1.165, 1.54) is 7.11 Å². The number of hydrogen-bond donors (Lipinski definition) is 0. The molecule has 0 atom stereocenters. The van der Waals surface area contributed by atoms with E-state index in [4.69, 9.17) is 9.47 Å². The number of rotatable bonds is 4. The van der Waals surface area contributed by atoms with Crippen LogP contribution in [0.2, 0.25) is 0 Å². The molecule has 2 aromatic rings. The Bertz CT molecular complexity index is 580. The van der Waals surface area contributed by atoms with Crippen LogP contribution in [-0.2, 0) is 4.74 Å². The van der Waals surface area contributed by atoms with E-state index in [-0.39, 0.29) is 5.97 Å². The molecule has 0 heterocycles. The Hall–Kier alpha value is -2.49.